The molecule has 1 amide bonds. The smallest absolute Gasteiger partial charge is 0.232 e. The van der Waals surface area contributed by atoms with Gasteiger partial charge in [-0.05, 0) is 26.0 Å². The van der Waals surface area contributed by atoms with E-state index in [1.807, 2.05) is 31.2 Å². The lowest BCUT2D eigenvalue weighted by Crippen LogP contribution is -2.29. The van der Waals surface area contributed by atoms with Gasteiger partial charge in [-0.1, -0.05) is 12.1 Å². The van der Waals surface area contributed by atoms with Gasteiger partial charge >= 0.3 is 0 Å². The minimum atomic E-state index is -0.0623. The molecule has 0 radical (unpaired) electrons. The molecule has 0 aliphatic carbocycles. The van der Waals surface area contributed by atoms with Crippen LogP contribution in [-0.4, -0.2) is 18.2 Å². The van der Waals surface area contributed by atoms with E-state index in [2.05, 4.69) is 5.32 Å². The molecule has 4 heteroatoms. The fourth-order valence-electron chi connectivity index (χ4n) is 2.10. The third kappa shape index (κ3) is 2.42. The number of hydrogen-bond donors (Lipinski definition) is 1. The lowest BCUT2D eigenvalue weighted by Gasteiger charge is -2.20. The molecular weight excluding hydrogens is 228 g/mol. The van der Waals surface area contributed by atoms with Crippen molar-refractivity contribution in [1.82, 2.24) is 0 Å². The van der Waals surface area contributed by atoms with Crippen molar-refractivity contribution >= 4 is 23.1 Å². The number of nitrogens with zero attached hydrogens (tertiary/aromatic N) is 1. The Kier molecular flexibility index (Phi) is 3.46. The molecule has 0 aromatic heterocycles. The van der Waals surface area contributed by atoms with Gasteiger partial charge in [-0.3, -0.25) is 9.59 Å². The molecule has 4 nitrogen and oxygen atoms in total. The summed E-state index contributed by atoms with van der Waals surface area (Å²) in [7, 11) is 0. The molecule has 1 aromatic carbocycles. The zero-order valence-electron chi connectivity index (χ0n) is 10.6. The van der Waals surface area contributed by atoms with Crippen molar-refractivity contribution in [2.75, 3.05) is 16.8 Å². The van der Waals surface area contributed by atoms with Crippen LogP contribution in [0.1, 0.15) is 20.3 Å². The maximum Gasteiger partial charge on any atom is 0.232 e. The van der Waals surface area contributed by atoms with Gasteiger partial charge in [-0.2, -0.15) is 0 Å². The van der Waals surface area contributed by atoms with Gasteiger partial charge in [0.15, 0.2) is 5.78 Å². The van der Waals surface area contributed by atoms with Crippen LogP contribution in [0, 0.1) is 0 Å². The number of rotatable bonds is 2. The van der Waals surface area contributed by atoms with E-state index in [-0.39, 0.29) is 18.1 Å². The fraction of sp³-hybridized carbons (Fsp3) is 0.286. The van der Waals surface area contributed by atoms with Gasteiger partial charge in [0.1, 0.15) is 0 Å². The van der Waals surface area contributed by atoms with Crippen molar-refractivity contribution in [2.45, 2.75) is 20.3 Å². The molecule has 0 fully saturated rings. The Labute approximate surface area is 106 Å². The molecule has 18 heavy (non-hydrogen) atoms. The van der Waals surface area contributed by atoms with Crippen molar-refractivity contribution in [3.63, 3.8) is 0 Å². The first-order chi connectivity index (χ1) is 8.61. The summed E-state index contributed by atoms with van der Waals surface area (Å²) in [5.41, 5.74) is 2.37. The summed E-state index contributed by atoms with van der Waals surface area (Å²) in [6, 6.07) is 7.61. The van der Waals surface area contributed by atoms with Gasteiger partial charge in [-0.25, -0.2) is 0 Å². The first-order valence-corrected chi connectivity index (χ1v) is 5.99. The van der Waals surface area contributed by atoms with Crippen LogP contribution in [0.4, 0.5) is 11.4 Å². The molecule has 0 unspecified atom stereocenters. The Hall–Kier alpha value is -2.10. The number of anilines is 2. The highest BCUT2D eigenvalue weighted by Gasteiger charge is 2.22. The number of carbonyl (C=O) groups excluding carboxylic acids is 2. The molecule has 1 aromatic rings. The van der Waals surface area contributed by atoms with E-state index in [1.165, 1.54) is 13.0 Å². The first kappa shape index (κ1) is 12.4. The van der Waals surface area contributed by atoms with E-state index in [0.717, 1.165) is 11.4 Å². The van der Waals surface area contributed by atoms with Gasteiger partial charge in [0, 0.05) is 18.3 Å². The Bertz CT molecular complexity index is 520. The normalized spacial score (nSPS) is 17.1. The van der Waals surface area contributed by atoms with E-state index < -0.39 is 0 Å². The topological polar surface area (TPSA) is 49.4 Å². The summed E-state index contributed by atoms with van der Waals surface area (Å²) in [6.07, 6.45) is 1.70. The Morgan fingerprint density at radius 1 is 1.44 bits per heavy atom. The highest BCUT2D eigenvalue weighted by molar-refractivity contribution is 6.01. The number of carbonyl (C=O) groups is 2. The van der Waals surface area contributed by atoms with Crippen LogP contribution in [0.2, 0.25) is 0 Å². The lowest BCUT2D eigenvalue weighted by atomic mass is 10.2. The summed E-state index contributed by atoms with van der Waals surface area (Å²) in [6.45, 7) is 4.03. The van der Waals surface area contributed by atoms with Crippen LogP contribution in [0.25, 0.3) is 0 Å². The number of benzene rings is 1. The van der Waals surface area contributed by atoms with Crippen LogP contribution in [0.3, 0.4) is 0 Å². The van der Waals surface area contributed by atoms with Crippen molar-refractivity contribution in [3.8, 4) is 0 Å². The van der Waals surface area contributed by atoms with E-state index in [9.17, 15) is 9.59 Å². The summed E-state index contributed by atoms with van der Waals surface area (Å²) >= 11 is 0. The third-order valence-electron chi connectivity index (χ3n) is 2.83. The second kappa shape index (κ2) is 5.04. The largest absolute Gasteiger partial charge is 0.357 e. The number of para-hydroxylation sites is 2. The number of amides is 1. The molecule has 1 aliphatic heterocycles. The summed E-state index contributed by atoms with van der Waals surface area (Å²) in [5, 5.41) is 3.16. The maximum atomic E-state index is 12.1. The monoisotopic (exact) mass is 244 g/mol. The van der Waals surface area contributed by atoms with Crippen molar-refractivity contribution < 1.29 is 9.59 Å². The van der Waals surface area contributed by atoms with Gasteiger partial charge in [-0.15, -0.1) is 0 Å². The van der Waals surface area contributed by atoms with Gasteiger partial charge in [0.2, 0.25) is 5.91 Å². The highest BCUT2D eigenvalue weighted by Crippen LogP contribution is 2.31. The Morgan fingerprint density at radius 2 is 2.17 bits per heavy atom. The van der Waals surface area contributed by atoms with Gasteiger partial charge in [0.05, 0.1) is 17.8 Å². The number of hydrogen-bond acceptors (Lipinski definition) is 3. The maximum absolute atomic E-state index is 12.1. The predicted octanol–water partition coefficient (Wildman–Crippen LogP) is 2.33. The van der Waals surface area contributed by atoms with E-state index in [0.29, 0.717) is 12.2 Å². The van der Waals surface area contributed by atoms with Gasteiger partial charge < -0.3 is 10.2 Å². The third-order valence-corrected chi connectivity index (χ3v) is 2.83. The number of fused-ring (bicyclic) bond motifs is 1. The van der Waals surface area contributed by atoms with Crippen LogP contribution in [-0.2, 0) is 9.59 Å². The second-order valence-corrected chi connectivity index (χ2v) is 4.24. The predicted molar refractivity (Wildman–Crippen MR) is 71.5 cm³/mol. The van der Waals surface area contributed by atoms with Crippen LogP contribution < -0.4 is 10.2 Å². The number of allylic oxidation sites excluding steroid dienone is 1. The van der Waals surface area contributed by atoms with Crippen molar-refractivity contribution in [1.29, 1.82) is 0 Å². The highest BCUT2D eigenvalue weighted by atomic mass is 16.2. The number of ketones is 1. The molecular formula is C14H16N2O2. The lowest BCUT2D eigenvalue weighted by molar-refractivity contribution is -0.117. The average Bonchev–Trinajstić information content (AvgIpc) is 2.43. The van der Waals surface area contributed by atoms with Crippen LogP contribution >= 0.6 is 0 Å². The second-order valence-electron chi connectivity index (χ2n) is 4.24. The Balaban J connectivity index is 2.47. The van der Waals surface area contributed by atoms with Crippen LogP contribution in [0.5, 0.6) is 0 Å². The molecule has 0 bridgehead atoms. The zero-order chi connectivity index (χ0) is 13.1. The molecule has 0 spiro atoms. The van der Waals surface area contributed by atoms with Gasteiger partial charge in [0.25, 0.3) is 0 Å². The first-order valence-electron chi connectivity index (χ1n) is 5.99. The fourth-order valence-corrected chi connectivity index (χ4v) is 2.10. The summed E-state index contributed by atoms with van der Waals surface area (Å²) in [4.78, 5) is 25.0. The molecule has 0 saturated carbocycles. The van der Waals surface area contributed by atoms with Crippen LogP contribution in [0.15, 0.2) is 36.0 Å². The van der Waals surface area contributed by atoms with Crippen molar-refractivity contribution in [2.24, 2.45) is 0 Å². The minimum Gasteiger partial charge on any atom is -0.357 e. The quantitative estimate of drug-likeness (QED) is 0.812. The van der Waals surface area contributed by atoms with E-state index in [1.54, 1.807) is 4.90 Å². The Morgan fingerprint density at radius 3 is 2.83 bits per heavy atom. The summed E-state index contributed by atoms with van der Waals surface area (Å²) < 4.78 is 0. The molecule has 1 N–H and O–H groups in total. The molecule has 0 atom stereocenters. The SMILES string of the molecule is CCN1C(=O)C/C(=C/C(C)=O)Nc2ccccc21. The molecule has 0 saturated heterocycles. The zero-order valence-corrected chi connectivity index (χ0v) is 10.6. The molecule has 94 valence electrons. The molecule has 2 rings (SSSR count). The molecule has 1 heterocycles. The van der Waals surface area contributed by atoms with Crippen molar-refractivity contribution in [3.05, 3.63) is 36.0 Å². The minimum absolute atomic E-state index is 0.00227. The van der Waals surface area contributed by atoms with E-state index >= 15 is 0 Å². The number of nitrogens with one attached hydrogen (secondary N) is 1. The average molecular weight is 244 g/mol. The standard InChI is InChI=1S/C14H16N2O2/c1-3-16-13-7-5-4-6-12(13)15-11(8-10(2)17)9-14(16)18/h4-8,15H,3,9H2,1-2H3/b11-8-. The summed E-state index contributed by atoms with van der Waals surface area (Å²) in [5.74, 6) is -0.0600. The molecule has 1 aliphatic rings. The van der Waals surface area contributed by atoms with E-state index in [4.69, 9.17) is 0 Å².